The average Bonchev–Trinajstić information content (AvgIpc) is 1.02. The van der Waals surface area contributed by atoms with Gasteiger partial charge in [-0.15, -0.1) is 0 Å². The molecule has 1 spiro atoms. The van der Waals surface area contributed by atoms with Crippen LogP contribution in [-0.4, -0.2) is 176 Å². The summed E-state index contributed by atoms with van der Waals surface area (Å²) in [6.45, 7) is 31.4. The number of ether oxygens (including phenoxy) is 1. The molecule has 1 aromatic carbocycles. The monoisotopic (exact) mass is 1260 g/mol. The van der Waals surface area contributed by atoms with Gasteiger partial charge in [0.25, 0.3) is 0 Å². The number of rotatable bonds is 13. The van der Waals surface area contributed by atoms with E-state index in [0.717, 1.165) is 121 Å². The van der Waals surface area contributed by atoms with Crippen molar-refractivity contribution < 1.29 is 22.7 Å². The van der Waals surface area contributed by atoms with Gasteiger partial charge in [-0.2, -0.15) is 13.2 Å². The maximum Gasteiger partial charge on any atom is 0.417 e. The fourth-order valence-corrected chi connectivity index (χ4v) is 15.8. The number of likely N-dealkylation sites (tertiary alicyclic amines) is 1. The van der Waals surface area contributed by atoms with E-state index in [1.807, 2.05) is 30.4 Å². The Labute approximate surface area is 541 Å². The minimum absolute atomic E-state index is 0.0295. The number of piperidine rings is 1. The minimum atomic E-state index is -4.52. The quantitative estimate of drug-likeness (QED) is 0.105. The topological polar surface area (TPSA) is 127 Å². The Morgan fingerprint density at radius 2 is 1.60 bits per heavy atom. The smallest absolute Gasteiger partial charge is 0.390 e. The number of hydrogen-bond donors (Lipinski definition) is 6. The second-order valence-electron chi connectivity index (χ2n) is 28.2. The molecule has 4 aliphatic heterocycles. The zero-order chi connectivity index (χ0) is 64.3. The molecule has 14 nitrogen and oxygen atoms in total. The Bertz CT molecular complexity index is 2450. The van der Waals surface area contributed by atoms with E-state index in [4.69, 9.17) is 21.3 Å². The van der Waals surface area contributed by atoms with Gasteiger partial charge in [0.05, 0.1) is 28.8 Å². The zero-order valence-electron chi connectivity index (χ0n) is 57.0. The van der Waals surface area contributed by atoms with Crippen molar-refractivity contribution in [3.63, 3.8) is 0 Å². The number of carbonyl (C=O) groups is 1. The highest BCUT2D eigenvalue weighted by atomic mass is 35.5. The van der Waals surface area contributed by atoms with Crippen molar-refractivity contribution in [3.8, 4) is 0 Å². The Morgan fingerprint density at radius 1 is 0.854 bits per heavy atom. The van der Waals surface area contributed by atoms with Crippen LogP contribution in [0.4, 0.5) is 13.2 Å². The number of benzene rings is 1. The van der Waals surface area contributed by atoms with Crippen LogP contribution in [-0.2, 0) is 22.1 Å². The Hall–Kier alpha value is -3.68. The minimum Gasteiger partial charge on any atom is -0.390 e. The van der Waals surface area contributed by atoms with Gasteiger partial charge in [0.1, 0.15) is 0 Å². The molecule has 6 N–H and O–H groups in total. The molecule has 0 bridgehead atoms. The lowest BCUT2D eigenvalue weighted by Gasteiger charge is -2.60. The molecule has 4 heterocycles. The van der Waals surface area contributed by atoms with Gasteiger partial charge in [0.15, 0.2) is 0 Å². The number of carbonyl (C=O) groups excluding carboxylic acids is 1. The molecule has 1 amide bonds. The number of nitrogens with one attached hydrogen (secondary N) is 6. The normalized spacial score (nSPS) is 29.9. The van der Waals surface area contributed by atoms with Crippen LogP contribution < -0.4 is 31.9 Å². The number of nitrogens with zero attached hydrogens (tertiary/aromatic N) is 6. The molecule has 7 rings (SSSR count). The van der Waals surface area contributed by atoms with Crippen LogP contribution in [0.5, 0.6) is 0 Å². The van der Waals surface area contributed by atoms with E-state index in [1.165, 1.54) is 62.8 Å². The lowest BCUT2D eigenvalue weighted by atomic mass is 9.74. The summed E-state index contributed by atoms with van der Waals surface area (Å²) in [6, 6.07) is 6.02. The molecule has 0 radical (unpaired) electrons. The fourth-order valence-electron chi connectivity index (χ4n) is 15.5. The number of allylic oxidation sites excluding steroid dienone is 2. The molecule has 2 aliphatic carbocycles. The van der Waals surface area contributed by atoms with Crippen molar-refractivity contribution in [1.29, 1.82) is 0 Å². The van der Waals surface area contributed by atoms with Crippen LogP contribution in [0.15, 0.2) is 71.7 Å². The van der Waals surface area contributed by atoms with E-state index < -0.39 is 11.7 Å². The van der Waals surface area contributed by atoms with Crippen molar-refractivity contribution >= 4 is 23.2 Å². The summed E-state index contributed by atoms with van der Waals surface area (Å²) in [4.78, 5) is 31.7. The van der Waals surface area contributed by atoms with E-state index >= 15 is 0 Å². The number of alkyl halides is 3. The Morgan fingerprint density at radius 3 is 2.28 bits per heavy atom. The van der Waals surface area contributed by atoms with Crippen LogP contribution in [0, 0.1) is 23.7 Å². The number of halogens is 4. The molecule has 0 aromatic heterocycles. The summed E-state index contributed by atoms with van der Waals surface area (Å²) >= 11 is 6.19. The summed E-state index contributed by atoms with van der Waals surface area (Å²) in [5.74, 6) is 1.89. The first kappa shape index (κ1) is 72.7. The summed E-state index contributed by atoms with van der Waals surface area (Å²) in [5.41, 5.74) is 2.94. The second-order valence-corrected chi connectivity index (χ2v) is 28.6. The van der Waals surface area contributed by atoms with E-state index in [9.17, 15) is 18.0 Å². The molecule has 504 valence electrons. The van der Waals surface area contributed by atoms with Crippen LogP contribution >= 0.6 is 11.6 Å². The maximum absolute atomic E-state index is 14.9. The molecule has 5 fully saturated rings. The predicted octanol–water partition coefficient (Wildman–Crippen LogP) is 12.3. The first-order valence-corrected chi connectivity index (χ1v) is 35.5. The SMILES string of the molecule is CCCOCC1=CN(C)C=CN=C(CCc2ccc(C(F)(F)F)c(Cl)c2)C=CNCCNCC2(CCCC2)NC(C)[C@H](C2CCCC2)N2C(C)[C@H](C(=O)N3CCCCC3)C2CNC(C)[C@H](CC(C)C)NC[C@H]([C@@H](C)CC)NC(C)[C@H](C)N2CCCC2=CN1C. The number of hydrogen-bond acceptors (Lipinski definition) is 13. The highest BCUT2D eigenvalue weighted by Crippen LogP contribution is 2.44. The summed E-state index contributed by atoms with van der Waals surface area (Å²) < 4.78 is 47.2. The molecule has 11 atom stereocenters. The third-order valence-electron chi connectivity index (χ3n) is 21.0. The van der Waals surface area contributed by atoms with E-state index in [1.54, 1.807) is 6.20 Å². The molecule has 1 aromatic rings. The van der Waals surface area contributed by atoms with Gasteiger partial charge in [0, 0.05) is 169 Å². The van der Waals surface area contributed by atoms with Gasteiger partial charge >= 0.3 is 6.18 Å². The van der Waals surface area contributed by atoms with E-state index in [2.05, 4.69) is 140 Å². The molecule has 2 saturated carbocycles. The number of aliphatic imine (C=N–C) groups is 1. The van der Waals surface area contributed by atoms with Crippen LogP contribution in [0.25, 0.3) is 0 Å². The zero-order valence-corrected chi connectivity index (χ0v) is 57.8. The van der Waals surface area contributed by atoms with Gasteiger partial charge in [-0.05, 0) is 166 Å². The molecular formula is C71H120ClF3N12O2. The van der Waals surface area contributed by atoms with Gasteiger partial charge in [-0.25, -0.2) is 0 Å². The van der Waals surface area contributed by atoms with E-state index in [-0.39, 0.29) is 64.8 Å². The van der Waals surface area contributed by atoms with Gasteiger partial charge in [-0.3, -0.25) is 14.7 Å². The molecule has 6 aliphatic rings. The number of likely N-dealkylation sites (N-methyl/N-ethyl adjacent to an activating group) is 1. The van der Waals surface area contributed by atoms with Crippen molar-refractivity contribution in [3.05, 3.63) is 82.8 Å². The van der Waals surface area contributed by atoms with Gasteiger partial charge < -0.3 is 56.2 Å². The standard InChI is InChI=1S/C71H120ClF3N12O2/c1-13-41-89-48-61-46-83(11)40-36-78-59(28-26-57-27-29-62(63(72)43-57)71(73,74)75)30-33-76-34-35-77-49-70(31-18-19-32-70)82-54(8)68(58-23-16-17-24-58)87-56(10)67(69(88)85-37-20-15-21-38-85)66(87)45-79-53(7)64(42-50(3)4)80-44-65(51(5)14-2)81-52(6)55(9)86-39-22-25-60(86)47-84(61)12/h27,29-30,33,36,40,43,46-47,50-56,58,64-68,76-77,79-82H,13-26,28,31-32,34-35,37-39,41-42,44-45,48-49H2,1-12H3/t51-,52?,53?,54?,55-,56?,64-,65+,66?,67-,68+/m0/s1. The molecule has 18 heteroatoms. The first-order valence-electron chi connectivity index (χ1n) is 35.1. The van der Waals surface area contributed by atoms with Crippen LogP contribution in [0.2, 0.25) is 5.02 Å². The fraction of sp³-hybridized carbons (Fsp3) is 0.775. The maximum atomic E-state index is 14.9. The molecule has 89 heavy (non-hydrogen) atoms. The third kappa shape index (κ3) is 20.9. The molecule has 3 saturated heterocycles. The first-order chi connectivity index (χ1) is 42.6. The number of amides is 1. The molecular weight excluding hydrogens is 1150 g/mol. The van der Waals surface area contributed by atoms with E-state index in [0.29, 0.717) is 67.9 Å². The van der Waals surface area contributed by atoms with Crippen molar-refractivity contribution in [2.75, 3.05) is 79.7 Å². The number of aryl methyl sites for hydroxylation is 1. The highest BCUT2D eigenvalue weighted by Gasteiger charge is 2.56. The summed E-state index contributed by atoms with van der Waals surface area (Å²) in [7, 11) is 4.11. The molecule has 5 unspecified atom stereocenters. The highest BCUT2D eigenvalue weighted by molar-refractivity contribution is 6.31. The van der Waals surface area contributed by atoms with Crippen molar-refractivity contribution in [1.82, 2.24) is 56.4 Å². The van der Waals surface area contributed by atoms with Gasteiger partial charge in [-0.1, -0.05) is 84.4 Å². The average molecular weight is 1270 g/mol. The number of fused-ring (bicyclic) bond motifs is 2. The van der Waals surface area contributed by atoms with Gasteiger partial charge in [0.2, 0.25) is 5.91 Å². The predicted molar refractivity (Wildman–Crippen MR) is 363 cm³/mol. The summed E-state index contributed by atoms with van der Waals surface area (Å²) in [6.07, 6.45) is 26.6. The Kier molecular flexibility index (Phi) is 29.1. The lowest BCUT2D eigenvalue weighted by Crippen LogP contribution is -2.76. The third-order valence-corrected chi connectivity index (χ3v) is 21.3. The van der Waals surface area contributed by atoms with Crippen LogP contribution in [0.3, 0.4) is 0 Å². The largest absolute Gasteiger partial charge is 0.417 e. The van der Waals surface area contributed by atoms with Crippen molar-refractivity contribution in [2.45, 2.75) is 251 Å². The lowest BCUT2D eigenvalue weighted by molar-refractivity contribution is -0.162. The van der Waals surface area contributed by atoms with Crippen LogP contribution in [0.1, 0.15) is 190 Å². The summed E-state index contributed by atoms with van der Waals surface area (Å²) in [5, 5.41) is 24.0. The second kappa shape index (κ2) is 35.6. The van der Waals surface area contributed by atoms with Crippen molar-refractivity contribution in [2.24, 2.45) is 28.7 Å². The Balaban J connectivity index is 1.19.